The van der Waals surface area contributed by atoms with E-state index in [2.05, 4.69) is 4.98 Å². The third-order valence-corrected chi connectivity index (χ3v) is 2.39. The van der Waals surface area contributed by atoms with Gasteiger partial charge in [-0.1, -0.05) is 17.7 Å². The average Bonchev–Trinajstić information content (AvgIpc) is 2.15. The first-order valence-electron chi connectivity index (χ1n) is 4.54. The number of hydrogen-bond acceptors (Lipinski definition) is 3. The summed E-state index contributed by atoms with van der Waals surface area (Å²) in [4.78, 5) is 25.0. The van der Waals surface area contributed by atoms with Crippen molar-refractivity contribution in [2.24, 2.45) is 0 Å². The zero-order chi connectivity index (χ0) is 12.1. The van der Waals surface area contributed by atoms with E-state index in [0.717, 1.165) is 0 Å². The maximum absolute atomic E-state index is 10.6. The van der Waals surface area contributed by atoms with Crippen LogP contribution in [0.2, 0.25) is 5.15 Å². The molecule has 1 aromatic rings. The lowest BCUT2D eigenvalue weighted by Gasteiger charge is -2.13. The predicted molar refractivity (Wildman–Crippen MR) is 56.5 cm³/mol. The van der Waals surface area contributed by atoms with Gasteiger partial charge in [-0.05, 0) is 11.6 Å². The predicted octanol–water partition coefficient (Wildman–Crippen LogP) is 1.77. The summed E-state index contributed by atoms with van der Waals surface area (Å²) in [5, 5.41) is 17.5. The van der Waals surface area contributed by atoms with Crippen molar-refractivity contribution in [1.29, 1.82) is 0 Å². The fourth-order valence-electron chi connectivity index (χ4n) is 1.42. The van der Waals surface area contributed by atoms with Gasteiger partial charge in [-0.2, -0.15) is 0 Å². The van der Waals surface area contributed by atoms with Crippen LogP contribution < -0.4 is 0 Å². The first kappa shape index (κ1) is 12.4. The number of carboxylic acids is 2. The summed E-state index contributed by atoms with van der Waals surface area (Å²) < 4.78 is 0. The van der Waals surface area contributed by atoms with Crippen molar-refractivity contribution in [2.45, 2.75) is 18.8 Å². The third kappa shape index (κ3) is 3.51. The van der Waals surface area contributed by atoms with Gasteiger partial charge in [0.2, 0.25) is 0 Å². The van der Waals surface area contributed by atoms with E-state index in [1.54, 1.807) is 12.1 Å². The Morgan fingerprint density at radius 2 is 1.88 bits per heavy atom. The molecule has 1 heterocycles. The van der Waals surface area contributed by atoms with Gasteiger partial charge in [0.15, 0.2) is 0 Å². The number of nitrogens with zero attached hydrogens (tertiary/aromatic N) is 1. The van der Waals surface area contributed by atoms with E-state index in [0.29, 0.717) is 5.56 Å². The molecule has 2 N–H and O–H groups in total. The number of aromatic nitrogens is 1. The second-order valence-corrected chi connectivity index (χ2v) is 3.63. The van der Waals surface area contributed by atoms with E-state index in [1.807, 2.05) is 0 Å². The van der Waals surface area contributed by atoms with Gasteiger partial charge in [0.25, 0.3) is 0 Å². The number of aliphatic carboxylic acids is 2. The van der Waals surface area contributed by atoms with Crippen LogP contribution in [0.25, 0.3) is 0 Å². The fourth-order valence-corrected chi connectivity index (χ4v) is 1.69. The largest absolute Gasteiger partial charge is 0.481 e. The van der Waals surface area contributed by atoms with Gasteiger partial charge in [0.1, 0.15) is 5.15 Å². The Hall–Kier alpha value is -1.62. The monoisotopic (exact) mass is 243 g/mol. The molecule has 0 aromatic carbocycles. The summed E-state index contributed by atoms with van der Waals surface area (Å²) in [7, 11) is 0. The first-order chi connectivity index (χ1) is 7.50. The van der Waals surface area contributed by atoms with Crippen LogP contribution in [0.3, 0.4) is 0 Å². The third-order valence-electron chi connectivity index (χ3n) is 2.07. The number of halogens is 1. The van der Waals surface area contributed by atoms with Crippen LogP contribution in [0, 0.1) is 0 Å². The Morgan fingerprint density at radius 1 is 1.31 bits per heavy atom. The van der Waals surface area contributed by atoms with E-state index in [9.17, 15) is 9.59 Å². The summed E-state index contributed by atoms with van der Waals surface area (Å²) in [6.45, 7) is 0. The quantitative estimate of drug-likeness (QED) is 0.770. The fraction of sp³-hybridized carbons (Fsp3) is 0.300. The van der Waals surface area contributed by atoms with Crippen LogP contribution in [0.1, 0.15) is 24.3 Å². The second kappa shape index (κ2) is 5.46. The molecule has 0 saturated carbocycles. The van der Waals surface area contributed by atoms with Crippen LogP contribution in [0.15, 0.2) is 18.3 Å². The van der Waals surface area contributed by atoms with Crippen molar-refractivity contribution in [3.63, 3.8) is 0 Å². The van der Waals surface area contributed by atoms with Crippen LogP contribution in [0.5, 0.6) is 0 Å². The highest BCUT2D eigenvalue weighted by Crippen LogP contribution is 2.28. The Balaban J connectivity index is 2.96. The minimum Gasteiger partial charge on any atom is -0.481 e. The van der Waals surface area contributed by atoms with E-state index in [4.69, 9.17) is 21.8 Å². The van der Waals surface area contributed by atoms with Gasteiger partial charge >= 0.3 is 11.9 Å². The van der Waals surface area contributed by atoms with Gasteiger partial charge in [-0.25, -0.2) is 4.98 Å². The van der Waals surface area contributed by atoms with Crippen LogP contribution in [-0.2, 0) is 9.59 Å². The van der Waals surface area contributed by atoms with Crippen LogP contribution >= 0.6 is 11.6 Å². The number of rotatable bonds is 5. The molecule has 0 aliphatic carbocycles. The molecule has 0 spiro atoms. The van der Waals surface area contributed by atoms with E-state index in [-0.39, 0.29) is 18.0 Å². The maximum atomic E-state index is 10.6. The molecule has 6 heteroatoms. The molecule has 0 amide bonds. The molecule has 0 aliphatic rings. The highest BCUT2D eigenvalue weighted by molar-refractivity contribution is 6.30. The molecule has 0 aliphatic heterocycles. The minimum atomic E-state index is -1.06. The van der Waals surface area contributed by atoms with Crippen LogP contribution in [-0.4, -0.2) is 27.1 Å². The van der Waals surface area contributed by atoms with Crippen molar-refractivity contribution in [1.82, 2.24) is 4.98 Å². The Morgan fingerprint density at radius 3 is 2.31 bits per heavy atom. The number of pyridine rings is 1. The topological polar surface area (TPSA) is 87.5 Å². The van der Waals surface area contributed by atoms with Crippen molar-refractivity contribution < 1.29 is 19.8 Å². The van der Waals surface area contributed by atoms with E-state index >= 15 is 0 Å². The lowest BCUT2D eigenvalue weighted by Crippen LogP contribution is -2.12. The van der Waals surface area contributed by atoms with Gasteiger partial charge in [-0.15, -0.1) is 0 Å². The molecule has 0 fully saturated rings. The second-order valence-electron chi connectivity index (χ2n) is 3.28. The first-order valence-corrected chi connectivity index (χ1v) is 4.92. The van der Waals surface area contributed by atoms with Crippen molar-refractivity contribution >= 4 is 23.5 Å². The molecule has 0 bridgehead atoms. The normalized spacial score (nSPS) is 10.4. The summed E-state index contributed by atoms with van der Waals surface area (Å²) in [6, 6.07) is 3.18. The molecule has 5 nitrogen and oxygen atoms in total. The summed E-state index contributed by atoms with van der Waals surface area (Å²) in [6.07, 6.45) is 0.903. The number of hydrogen-bond donors (Lipinski definition) is 2. The molecule has 1 rings (SSSR count). The molecule has 1 aromatic heterocycles. The Bertz CT molecular complexity index is 392. The van der Waals surface area contributed by atoms with E-state index < -0.39 is 17.9 Å². The highest BCUT2D eigenvalue weighted by Gasteiger charge is 2.21. The van der Waals surface area contributed by atoms with E-state index in [1.165, 1.54) is 6.20 Å². The standard InChI is InChI=1S/C10H10ClNO4/c11-10-7(2-1-3-12-10)6(4-8(13)14)5-9(15)16/h1-3,6H,4-5H2,(H,13,14)(H,15,16). The zero-order valence-corrected chi connectivity index (χ0v) is 9.02. The lowest BCUT2D eigenvalue weighted by molar-refractivity contribution is -0.139. The van der Waals surface area contributed by atoms with Gasteiger partial charge in [0, 0.05) is 12.1 Å². The molecule has 16 heavy (non-hydrogen) atoms. The summed E-state index contributed by atoms with van der Waals surface area (Å²) >= 11 is 5.79. The molecular formula is C10H10ClNO4. The summed E-state index contributed by atoms with van der Waals surface area (Å²) in [5.41, 5.74) is 0.453. The Kier molecular flexibility index (Phi) is 4.25. The molecule has 0 unspecified atom stereocenters. The van der Waals surface area contributed by atoms with Crippen LogP contribution in [0.4, 0.5) is 0 Å². The Labute approximate surface area is 96.7 Å². The highest BCUT2D eigenvalue weighted by atomic mass is 35.5. The molecular weight excluding hydrogens is 234 g/mol. The molecule has 86 valence electrons. The maximum Gasteiger partial charge on any atom is 0.303 e. The van der Waals surface area contributed by atoms with Gasteiger partial charge in [0.05, 0.1) is 12.8 Å². The molecule has 0 atom stereocenters. The molecule has 0 radical (unpaired) electrons. The number of carbonyl (C=O) groups is 2. The van der Waals surface area contributed by atoms with Gasteiger partial charge < -0.3 is 10.2 Å². The smallest absolute Gasteiger partial charge is 0.303 e. The zero-order valence-electron chi connectivity index (χ0n) is 8.26. The lowest BCUT2D eigenvalue weighted by atomic mass is 9.94. The van der Waals surface area contributed by atoms with Gasteiger partial charge in [-0.3, -0.25) is 9.59 Å². The average molecular weight is 244 g/mol. The minimum absolute atomic E-state index is 0.148. The molecule has 0 saturated heterocycles. The van der Waals surface area contributed by atoms with Crippen molar-refractivity contribution in [2.75, 3.05) is 0 Å². The summed E-state index contributed by atoms with van der Waals surface area (Å²) in [5.74, 6) is -2.78. The SMILES string of the molecule is O=C(O)CC(CC(=O)O)c1cccnc1Cl. The number of carboxylic acid groups (broad SMARTS) is 2. The van der Waals surface area contributed by atoms with Crippen molar-refractivity contribution in [3.8, 4) is 0 Å². The van der Waals surface area contributed by atoms with Crippen molar-refractivity contribution in [3.05, 3.63) is 29.0 Å².